The molecule has 0 atom stereocenters. The van der Waals surface area contributed by atoms with E-state index in [9.17, 15) is 4.79 Å². The first-order chi connectivity index (χ1) is 8.31. The van der Waals surface area contributed by atoms with Gasteiger partial charge in [-0.2, -0.15) is 0 Å². The van der Waals surface area contributed by atoms with E-state index in [0.717, 1.165) is 22.8 Å². The predicted molar refractivity (Wildman–Crippen MR) is 65.8 cm³/mol. The van der Waals surface area contributed by atoms with Crippen LogP contribution in [0.4, 0.5) is 0 Å². The van der Waals surface area contributed by atoms with Crippen molar-refractivity contribution in [3.63, 3.8) is 0 Å². The van der Waals surface area contributed by atoms with Crippen LogP contribution in [0.25, 0.3) is 10.8 Å². The van der Waals surface area contributed by atoms with Crippen LogP contribution in [-0.2, 0) is 6.42 Å². The molecule has 1 aliphatic carbocycles. The number of nitrogens with zero attached hydrogens (tertiary/aromatic N) is 1. The van der Waals surface area contributed by atoms with Crippen LogP contribution < -0.4 is 0 Å². The molecule has 0 spiro atoms. The molecule has 17 heavy (non-hydrogen) atoms. The summed E-state index contributed by atoms with van der Waals surface area (Å²) in [5, 5.41) is 14.1. The molecule has 0 heterocycles. The molecular formula is C14H11NO2. The fraction of sp³-hybridized carbons (Fsp3) is 0.143. The van der Waals surface area contributed by atoms with Crippen LogP contribution >= 0.6 is 0 Å². The van der Waals surface area contributed by atoms with Crippen molar-refractivity contribution in [2.75, 3.05) is 0 Å². The van der Waals surface area contributed by atoms with E-state index in [1.54, 1.807) is 0 Å². The van der Waals surface area contributed by atoms with Crippen LogP contribution in [0.15, 0.2) is 41.6 Å². The highest BCUT2D eigenvalue weighted by atomic mass is 16.4. The predicted octanol–water partition coefficient (Wildman–Crippen LogP) is 2.80. The second-order valence-corrected chi connectivity index (χ2v) is 4.19. The van der Waals surface area contributed by atoms with Gasteiger partial charge in [0.15, 0.2) is 0 Å². The summed E-state index contributed by atoms with van der Waals surface area (Å²) in [6, 6.07) is 11.8. The van der Waals surface area contributed by atoms with Crippen molar-refractivity contribution in [3.8, 4) is 0 Å². The number of oxime groups is 1. The minimum atomic E-state index is -0.153. The number of fused-ring (bicyclic) bond motifs is 3. The van der Waals surface area contributed by atoms with E-state index >= 15 is 0 Å². The zero-order valence-electron chi connectivity index (χ0n) is 9.18. The third kappa shape index (κ3) is 1.43. The topological polar surface area (TPSA) is 49.7 Å². The maximum absolute atomic E-state index is 12.0. The summed E-state index contributed by atoms with van der Waals surface area (Å²) in [7, 11) is 0. The van der Waals surface area contributed by atoms with Crippen molar-refractivity contribution >= 4 is 22.3 Å². The molecule has 1 N–H and O–H groups in total. The number of aryl methyl sites for hydroxylation is 1. The van der Waals surface area contributed by atoms with Gasteiger partial charge in [0.25, 0.3) is 0 Å². The van der Waals surface area contributed by atoms with Crippen molar-refractivity contribution < 1.29 is 10.0 Å². The Morgan fingerprint density at radius 3 is 2.71 bits per heavy atom. The summed E-state index contributed by atoms with van der Waals surface area (Å²) in [6.45, 7) is 0. The van der Waals surface area contributed by atoms with E-state index in [1.807, 2.05) is 36.4 Å². The molecule has 0 saturated heterocycles. The highest BCUT2D eigenvalue weighted by Crippen LogP contribution is 2.28. The highest BCUT2D eigenvalue weighted by Gasteiger charge is 2.24. The SMILES string of the molecule is O=C1C(=NO)CCc2c1ccc1ccccc21. The van der Waals surface area contributed by atoms with Gasteiger partial charge < -0.3 is 5.21 Å². The summed E-state index contributed by atoms with van der Waals surface area (Å²) < 4.78 is 0. The third-order valence-corrected chi connectivity index (χ3v) is 3.28. The molecule has 0 amide bonds. The number of Topliss-reactive ketones (excluding diaryl/α,β-unsaturated/α-hetero) is 1. The molecular weight excluding hydrogens is 214 g/mol. The average Bonchev–Trinajstić information content (AvgIpc) is 2.39. The summed E-state index contributed by atoms with van der Waals surface area (Å²) in [5.41, 5.74) is 2.00. The van der Waals surface area contributed by atoms with Crippen LogP contribution in [-0.4, -0.2) is 16.7 Å². The van der Waals surface area contributed by atoms with Gasteiger partial charge in [-0.15, -0.1) is 0 Å². The number of rotatable bonds is 0. The Bertz CT molecular complexity index is 644. The number of hydrogen-bond donors (Lipinski definition) is 1. The lowest BCUT2D eigenvalue weighted by atomic mass is 9.86. The molecule has 2 aromatic carbocycles. The lowest BCUT2D eigenvalue weighted by molar-refractivity contribution is 0.105. The quantitative estimate of drug-likeness (QED) is 0.553. The standard InChI is InChI=1S/C14H11NO2/c16-14-12-6-5-9-3-1-2-4-10(9)11(12)7-8-13(14)15-17/h1-6,17H,7-8H2. The molecule has 3 heteroatoms. The minimum Gasteiger partial charge on any atom is -0.411 e. The number of hydrogen-bond acceptors (Lipinski definition) is 3. The second-order valence-electron chi connectivity index (χ2n) is 4.19. The van der Waals surface area contributed by atoms with Crippen molar-refractivity contribution in [1.82, 2.24) is 0 Å². The highest BCUT2D eigenvalue weighted by molar-refractivity contribution is 6.47. The molecule has 0 aliphatic heterocycles. The summed E-state index contributed by atoms with van der Waals surface area (Å²) in [6.07, 6.45) is 1.26. The first-order valence-electron chi connectivity index (χ1n) is 5.57. The minimum absolute atomic E-state index is 0.153. The Morgan fingerprint density at radius 2 is 1.88 bits per heavy atom. The molecule has 3 rings (SSSR count). The first kappa shape index (κ1) is 10.0. The van der Waals surface area contributed by atoms with Gasteiger partial charge in [0.05, 0.1) is 0 Å². The largest absolute Gasteiger partial charge is 0.411 e. The molecule has 1 aliphatic rings. The van der Waals surface area contributed by atoms with Gasteiger partial charge in [0.2, 0.25) is 5.78 Å². The van der Waals surface area contributed by atoms with E-state index < -0.39 is 0 Å². The zero-order valence-corrected chi connectivity index (χ0v) is 9.18. The molecule has 3 nitrogen and oxygen atoms in total. The van der Waals surface area contributed by atoms with E-state index in [1.165, 1.54) is 0 Å². The van der Waals surface area contributed by atoms with Crippen molar-refractivity contribution in [2.45, 2.75) is 12.8 Å². The Labute approximate surface area is 98.4 Å². The molecule has 0 saturated carbocycles. The van der Waals surface area contributed by atoms with E-state index in [0.29, 0.717) is 12.0 Å². The molecule has 0 radical (unpaired) electrons. The lowest BCUT2D eigenvalue weighted by Gasteiger charge is -2.17. The average molecular weight is 225 g/mol. The van der Waals surface area contributed by atoms with E-state index in [4.69, 9.17) is 5.21 Å². The smallest absolute Gasteiger partial charge is 0.210 e. The van der Waals surface area contributed by atoms with Gasteiger partial charge in [0, 0.05) is 12.0 Å². The molecule has 0 unspecified atom stereocenters. The lowest BCUT2D eigenvalue weighted by Crippen LogP contribution is -2.22. The van der Waals surface area contributed by atoms with Crippen molar-refractivity contribution in [3.05, 3.63) is 47.5 Å². The Morgan fingerprint density at radius 1 is 1.06 bits per heavy atom. The number of carbonyl (C=O) groups excluding carboxylic acids is 1. The molecule has 0 bridgehead atoms. The maximum atomic E-state index is 12.0. The fourth-order valence-corrected chi connectivity index (χ4v) is 2.43. The first-order valence-corrected chi connectivity index (χ1v) is 5.57. The van der Waals surface area contributed by atoms with Gasteiger partial charge in [-0.1, -0.05) is 41.6 Å². The van der Waals surface area contributed by atoms with Gasteiger partial charge in [-0.25, -0.2) is 0 Å². The van der Waals surface area contributed by atoms with E-state index in [-0.39, 0.29) is 11.5 Å². The van der Waals surface area contributed by atoms with Gasteiger partial charge in [0.1, 0.15) is 5.71 Å². The Hall–Kier alpha value is -2.16. The second kappa shape index (κ2) is 3.70. The Balaban J connectivity index is 2.30. The molecule has 2 aromatic rings. The van der Waals surface area contributed by atoms with Crippen LogP contribution in [0, 0.1) is 0 Å². The molecule has 84 valence electrons. The molecule has 0 aromatic heterocycles. The van der Waals surface area contributed by atoms with Crippen LogP contribution in [0.2, 0.25) is 0 Å². The normalized spacial score (nSPS) is 17.4. The van der Waals surface area contributed by atoms with Crippen LogP contribution in [0.5, 0.6) is 0 Å². The molecule has 0 fully saturated rings. The zero-order chi connectivity index (χ0) is 11.8. The third-order valence-electron chi connectivity index (χ3n) is 3.28. The van der Waals surface area contributed by atoms with Gasteiger partial charge in [-0.05, 0) is 22.8 Å². The van der Waals surface area contributed by atoms with E-state index in [2.05, 4.69) is 5.16 Å². The number of benzene rings is 2. The van der Waals surface area contributed by atoms with Gasteiger partial charge >= 0.3 is 0 Å². The maximum Gasteiger partial charge on any atom is 0.210 e. The Kier molecular flexibility index (Phi) is 2.18. The number of carbonyl (C=O) groups is 1. The van der Waals surface area contributed by atoms with Crippen molar-refractivity contribution in [1.29, 1.82) is 0 Å². The summed E-state index contributed by atoms with van der Waals surface area (Å²) >= 11 is 0. The monoisotopic (exact) mass is 225 g/mol. The van der Waals surface area contributed by atoms with Crippen molar-refractivity contribution in [2.24, 2.45) is 5.16 Å². The fourth-order valence-electron chi connectivity index (χ4n) is 2.43. The van der Waals surface area contributed by atoms with Gasteiger partial charge in [-0.3, -0.25) is 4.79 Å². The van der Waals surface area contributed by atoms with Crippen LogP contribution in [0.1, 0.15) is 22.3 Å². The van der Waals surface area contributed by atoms with Crippen LogP contribution in [0.3, 0.4) is 0 Å². The number of ketones is 1. The summed E-state index contributed by atoms with van der Waals surface area (Å²) in [4.78, 5) is 12.0. The summed E-state index contributed by atoms with van der Waals surface area (Å²) in [5.74, 6) is -0.153.